The lowest BCUT2D eigenvalue weighted by Gasteiger charge is -2.27. The lowest BCUT2D eigenvalue weighted by atomic mass is 9.99. The molecule has 1 atom stereocenters. The lowest BCUT2D eigenvalue weighted by Crippen LogP contribution is -2.36. The number of hydrogen-bond acceptors (Lipinski definition) is 6. The molecule has 2 heterocycles. The van der Waals surface area contributed by atoms with Crippen LogP contribution in [-0.2, 0) is 10.3 Å². The zero-order valence-corrected chi connectivity index (χ0v) is 12.0. The van der Waals surface area contributed by atoms with Gasteiger partial charge in [-0.2, -0.15) is 4.98 Å². The molecule has 1 saturated carbocycles. The Hall–Kier alpha value is -0.690. The van der Waals surface area contributed by atoms with Gasteiger partial charge in [-0.05, 0) is 19.9 Å². The van der Waals surface area contributed by atoms with Crippen LogP contribution in [0.5, 0.6) is 0 Å². The largest absolute Gasteiger partial charge is 0.366 e. The molecule has 0 radical (unpaired) electrons. The number of aromatic nitrogens is 2. The Morgan fingerprint density at radius 3 is 2.79 bits per heavy atom. The summed E-state index contributed by atoms with van der Waals surface area (Å²) in [5.74, 6) is 1.21. The van der Waals surface area contributed by atoms with Gasteiger partial charge in [0.2, 0.25) is 0 Å². The molecule has 0 bridgehead atoms. The second-order valence-electron chi connectivity index (χ2n) is 5.44. The summed E-state index contributed by atoms with van der Waals surface area (Å²) in [5.41, 5.74) is 5.93. The maximum absolute atomic E-state index is 6.31. The molecule has 1 aromatic heterocycles. The van der Waals surface area contributed by atoms with Crippen molar-refractivity contribution in [2.24, 2.45) is 5.73 Å². The van der Waals surface area contributed by atoms with Crippen LogP contribution in [-0.4, -0.2) is 41.8 Å². The predicted molar refractivity (Wildman–Crippen MR) is 72.1 cm³/mol. The zero-order valence-electron chi connectivity index (χ0n) is 11.2. The van der Waals surface area contributed by atoms with Crippen molar-refractivity contribution in [1.82, 2.24) is 15.0 Å². The fraction of sp³-hybridized carbons (Fsp3) is 0.833. The monoisotopic (exact) mass is 288 g/mol. The molecule has 3 rings (SSSR count). The maximum Gasteiger partial charge on any atom is 0.257 e. The molecule has 2 fully saturated rings. The number of hydrogen-bond donors (Lipinski definition) is 1. The molecule has 7 heteroatoms. The smallest absolute Gasteiger partial charge is 0.257 e. The van der Waals surface area contributed by atoms with E-state index in [1.807, 2.05) is 0 Å². The van der Waals surface area contributed by atoms with Crippen molar-refractivity contribution in [2.45, 2.75) is 37.3 Å². The molecule has 0 spiro atoms. The number of rotatable bonds is 2. The minimum absolute atomic E-state index is 0. The van der Waals surface area contributed by atoms with Crippen LogP contribution >= 0.6 is 12.4 Å². The van der Waals surface area contributed by atoms with E-state index in [2.05, 4.69) is 22.1 Å². The van der Waals surface area contributed by atoms with E-state index in [1.165, 1.54) is 0 Å². The van der Waals surface area contributed by atoms with Crippen molar-refractivity contribution in [2.75, 3.05) is 26.7 Å². The van der Waals surface area contributed by atoms with Crippen molar-refractivity contribution in [3.8, 4) is 0 Å². The summed E-state index contributed by atoms with van der Waals surface area (Å²) in [6, 6.07) is 0. The number of halogens is 1. The summed E-state index contributed by atoms with van der Waals surface area (Å²) in [5, 5.41) is 4.06. The van der Waals surface area contributed by atoms with Crippen molar-refractivity contribution < 1.29 is 9.26 Å². The van der Waals surface area contributed by atoms with Crippen molar-refractivity contribution in [3.05, 3.63) is 11.7 Å². The molecule has 19 heavy (non-hydrogen) atoms. The number of nitrogens with zero attached hydrogens (tertiary/aromatic N) is 3. The van der Waals surface area contributed by atoms with Gasteiger partial charge in [0.15, 0.2) is 5.82 Å². The summed E-state index contributed by atoms with van der Waals surface area (Å²) < 4.78 is 11.0. The molecule has 1 aliphatic carbocycles. The molecule has 1 aliphatic heterocycles. The highest BCUT2D eigenvalue weighted by atomic mass is 35.5. The van der Waals surface area contributed by atoms with E-state index in [0.29, 0.717) is 18.3 Å². The third-order valence-electron chi connectivity index (χ3n) is 3.93. The van der Waals surface area contributed by atoms with Gasteiger partial charge in [-0.15, -0.1) is 12.4 Å². The minimum atomic E-state index is -0.387. The maximum atomic E-state index is 6.31. The Kier molecular flexibility index (Phi) is 4.45. The second-order valence-corrected chi connectivity index (χ2v) is 5.44. The van der Waals surface area contributed by atoms with Gasteiger partial charge < -0.3 is 19.9 Å². The highest BCUT2D eigenvalue weighted by Gasteiger charge is 2.37. The molecule has 1 saturated heterocycles. The minimum Gasteiger partial charge on any atom is -0.366 e. The molecule has 2 N–H and O–H groups in total. The van der Waals surface area contributed by atoms with Crippen LogP contribution in [0.1, 0.15) is 43.5 Å². The molecular formula is C12H21ClN4O2. The molecule has 2 aliphatic rings. The van der Waals surface area contributed by atoms with Crippen LogP contribution in [0.25, 0.3) is 0 Å². The first kappa shape index (κ1) is 14.7. The Morgan fingerprint density at radius 1 is 1.37 bits per heavy atom. The van der Waals surface area contributed by atoms with E-state index in [9.17, 15) is 0 Å². The van der Waals surface area contributed by atoms with Gasteiger partial charge in [0.05, 0.1) is 12.1 Å². The SMILES string of the molecule is CN1CCOC(c2nc(C3(N)CCCC3)no2)C1.Cl. The summed E-state index contributed by atoms with van der Waals surface area (Å²) in [7, 11) is 2.06. The standard InChI is InChI=1S/C12H20N4O2.ClH/c1-16-6-7-17-9(8-16)10-14-11(15-18-10)12(13)4-2-3-5-12;/h9H,2-8,13H2,1H3;1H. The summed E-state index contributed by atoms with van der Waals surface area (Å²) in [4.78, 5) is 6.67. The quantitative estimate of drug-likeness (QED) is 0.882. The van der Waals surface area contributed by atoms with Crippen LogP contribution in [0.2, 0.25) is 0 Å². The lowest BCUT2D eigenvalue weighted by molar-refractivity contribution is -0.0366. The van der Waals surface area contributed by atoms with E-state index in [4.69, 9.17) is 15.0 Å². The molecular weight excluding hydrogens is 268 g/mol. The van der Waals surface area contributed by atoms with Gasteiger partial charge in [0.1, 0.15) is 6.10 Å². The van der Waals surface area contributed by atoms with Gasteiger partial charge in [-0.1, -0.05) is 18.0 Å². The average Bonchev–Trinajstić information content (AvgIpc) is 2.98. The fourth-order valence-corrected chi connectivity index (χ4v) is 2.72. The third-order valence-corrected chi connectivity index (χ3v) is 3.93. The van der Waals surface area contributed by atoms with Crippen molar-refractivity contribution in [1.29, 1.82) is 0 Å². The summed E-state index contributed by atoms with van der Waals surface area (Å²) >= 11 is 0. The molecule has 1 unspecified atom stereocenters. The van der Waals surface area contributed by atoms with Crippen molar-refractivity contribution >= 4 is 12.4 Å². The second kappa shape index (κ2) is 5.75. The van der Waals surface area contributed by atoms with Gasteiger partial charge in [0, 0.05) is 13.1 Å². The van der Waals surface area contributed by atoms with Gasteiger partial charge in [0.25, 0.3) is 5.89 Å². The fourth-order valence-electron chi connectivity index (χ4n) is 2.72. The predicted octanol–water partition coefficient (Wildman–Crippen LogP) is 1.22. The van der Waals surface area contributed by atoms with Crippen molar-refractivity contribution in [3.63, 3.8) is 0 Å². The summed E-state index contributed by atoms with van der Waals surface area (Å²) in [6.07, 6.45) is 4.05. The van der Waals surface area contributed by atoms with E-state index in [0.717, 1.165) is 38.8 Å². The Labute approximate surface area is 119 Å². The summed E-state index contributed by atoms with van der Waals surface area (Å²) in [6.45, 7) is 2.43. The van der Waals surface area contributed by atoms with Gasteiger partial charge in [-0.25, -0.2) is 0 Å². The van der Waals surface area contributed by atoms with Crippen LogP contribution in [0, 0.1) is 0 Å². The first-order valence-electron chi connectivity index (χ1n) is 6.60. The van der Waals surface area contributed by atoms with E-state index in [1.54, 1.807) is 0 Å². The highest BCUT2D eigenvalue weighted by Crippen LogP contribution is 2.35. The number of likely N-dealkylation sites (N-methyl/N-ethyl adjacent to an activating group) is 1. The first-order chi connectivity index (χ1) is 8.67. The molecule has 0 aromatic carbocycles. The average molecular weight is 289 g/mol. The molecule has 0 amide bonds. The van der Waals surface area contributed by atoms with Crippen LogP contribution < -0.4 is 5.73 Å². The number of nitrogens with two attached hydrogens (primary N) is 1. The van der Waals surface area contributed by atoms with Gasteiger partial charge in [-0.3, -0.25) is 0 Å². The van der Waals surface area contributed by atoms with Gasteiger partial charge >= 0.3 is 0 Å². The normalized spacial score (nSPS) is 27.2. The number of ether oxygens (including phenoxy) is 1. The Bertz CT molecular complexity index is 420. The zero-order chi connectivity index (χ0) is 12.6. The molecule has 6 nitrogen and oxygen atoms in total. The van der Waals surface area contributed by atoms with E-state index >= 15 is 0 Å². The topological polar surface area (TPSA) is 77.4 Å². The van der Waals surface area contributed by atoms with E-state index < -0.39 is 0 Å². The van der Waals surface area contributed by atoms with E-state index in [-0.39, 0.29) is 24.0 Å². The van der Waals surface area contributed by atoms with Crippen LogP contribution in [0.15, 0.2) is 4.52 Å². The van der Waals surface area contributed by atoms with Crippen LogP contribution in [0.4, 0.5) is 0 Å². The highest BCUT2D eigenvalue weighted by molar-refractivity contribution is 5.85. The third kappa shape index (κ3) is 2.91. The Balaban J connectivity index is 0.00000133. The number of morpholine rings is 1. The van der Waals surface area contributed by atoms with Crippen LogP contribution in [0.3, 0.4) is 0 Å². The Morgan fingerprint density at radius 2 is 2.11 bits per heavy atom. The molecule has 108 valence electrons. The molecule has 1 aromatic rings. The first-order valence-corrected chi connectivity index (χ1v) is 6.60.